The Kier molecular flexibility index (Phi) is 7.43. The van der Waals surface area contributed by atoms with Gasteiger partial charge in [-0.1, -0.05) is 42.0 Å². The molecular formula is C28H30FN5O2. The molecule has 0 fully saturated rings. The largest absolute Gasteiger partial charge is 0.350 e. The number of halogens is 1. The number of hydrogen-bond acceptors (Lipinski definition) is 4. The Labute approximate surface area is 210 Å². The molecule has 2 aromatic carbocycles. The molecule has 186 valence electrons. The predicted molar refractivity (Wildman–Crippen MR) is 138 cm³/mol. The molecule has 0 aliphatic rings. The maximum Gasteiger partial charge on any atom is 0.255 e. The first-order chi connectivity index (χ1) is 17.3. The first-order valence-electron chi connectivity index (χ1n) is 12.0. The number of aromatic nitrogens is 3. The van der Waals surface area contributed by atoms with Crippen molar-refractivity contribution in [3.63, 3.8) is 0 Å². The first kappa shape index (κ1) is 25.0. The second-order valence-electron chi connectivity index (χ2n) is 9.06. The first-order valence-corrected chi connectivity index (χ1v) is 12.0. The maximum absolute atomic E-state index is 13.7. The molecule has 2 amide bonds. The highest BCUT2D eigenvalue weighted by Gasteiger charge is 2.23. The van der Waals surface area contributed by atoms with Gasteiger partial charge in [-0.2, -0.15) is 5.10 Å². The molecule has 2 heterocycles. The summed E-state index contributed by atoms with van der Waals surface area (Å²) in [5, 5.41) is 7.93. The summed E-state index contributed by atoms with van der Waals surface area (Å²) in [7, 11) is 0. The molecule has 8 heteroatoms. The minimum Gasteiger partial charge on any atom is -0.350 e. The molecule has 7 nitrogen and oxygen atoms in total. The number of hydrogen-bond donors (Lipinski definition) is 1. The van der Waals surface area contributed by atoms with E-state index in [1.54, 1.807) is 29.1 Å². The number of pyridine rings is 1. The highest BCUT2D eigenvalue weighted by Crippen LogP contribution is 2.27. The Bertz CT molecular complexity index is 1380. The molecule has 1 N–H and O–H groups in total. The van der Waals surface area contributed by atoms with E-state index in [4.69, 9.17) is 4.98 Å². The van der Waals surface area contributed by atoms with Crippen LogP contribution in [0.25, 0.3) is 22.3 Å². The zero-order valence-corrected chi connectivity index (χ0v) is 21.0. The average molecular weight is 488 g/mol. The molecule has 0 saturated carbocycles. The molecule has 4 rings (SSSR count). The van der Waals surface area contributed by atoms with Crippen LogP contribution in [-0.4, -0.2) is 44.6 Å². The molecule has 4 aromatic rings. The fourth-order valence-corrected chi connectivity index (χ4v) is 3.97. The van der Waals surface area contributed by atoms with Crippen LogP contribution < -0.4 is 5.32 Å². The third-order valence-electron chi connectivity index (χ3n) is 6.04. The second-order valence-corrected chi connectivity index (χ2v) is 9.06. The number of benzene rings is 2. The van der Waals surface area contributed by atoms with Crippen LogP contribution in [0.2, 0.25) is 0 Å². The Morgan fingerprint density at radius 2 is 1.78 bits per heavy atom. The van der Waals surface area contributed by atoms with Gasteiger partial charge in [0.25, 0.3) is 5.91 Å². The maximum atomic E-state index is 13.7. The Balaban J connectivity index is 1.62. The fraction of sp³-hybridized carbons (Fsp3) is 0.286. The van der Waals surface area contributed by atoms with Gasteiger partial charge in [0.1, 0.15) is 5.82 Å². The monoisotopic (exact) mass is 487 g/mol. The predicted octanol–water partition coefficient (Wildman–Crippen LogP) is 4.91. The number of nitrogens with zero attached hydrogens (tertiary/aromatic N) is 4. The zero-order chi connectivity index (χ0) is 25.8. The van der Waals surface area contributed by atoms with Gasteiger partial charge in [-0.05, 0) is 51.5 Å². The molecule has 0 saturated heterocycles. The van der Waals surface area contributed by atoms with Crippen LogP contribution in [-0.2, 0) is 11.3 Å². The molecule has 0 bridgehead atoms. The molecule has 0 unspecified atom stereocenters. The van der Waals surface area contributed by atoms with E-state index in [1.165, 1.54) is 17.0 Å². The van der Waals surface area contributed by atoms with Crippen LogP contribution in [0.1, 0.15) is 48.3 Å². The summed E-state index contributed by atoms with van der Waals surface area (Å²) in [6.45, 7) is 8.38. The van der Waals surface area contributed by atoms with Gasteiger partial charge >= 0.3 is 0 Å². The molecular weight excluding hydrogens is 457 g/mol. The van der Waals surface area contributed by atoms with Crippen molar-refractivity contribution in [3.05, 3.63) is 83.3 Å². The number of likely N-dealkylation sites (N-methyl/N-ethyl adjacent to an activating group) is 1. The van der Waals surface area contributed by atoms with E-state index in [1.807, 2.05) is 52.0 Å². The van der Waals surface area contributed by atoms with Gasteiger partial charge in [-0.25, -0.2) is 14.1 Å². The molecule has 0 aliphatic heterocycles. The summed E-state index contributed by atoms with van der Waals surface area (Å²) in [6, 6.07) is 15.7. The average Bonchev–Trinajstić information content (AvgIpc) is 3.31. The van der Waals surface area contributed by atoms with E-state index in [2.05, 4.69) is 10.4 Å². The van der Waals surface area contributed by atoms with Crippen molar-refractivity contribution in [1.82, 2.24) is 25.0 Å². The van der Waals surface area contributed by atoms with Crippen molar-refractivity contribution in [2.75, 3.05) is 13.1 Å². The standard InChI is InChI=1S/C28H30FN5O2/c1-5-33(17-26(35)30-15-20-8-12-22(29)13-9-20)28(36)23-14-25(21-10-6-19(4)7-11-21)32-27-24(23)16-31-34(27)18(2)3/h6-14,16,18H,5,15,17H2,1-4H3,(H,30,35). The van der Waals surface area contributed by atoms with Crippen LogP contribution in [0.5, 0.6) is 0 Å². The van der Waals surface area contributed by atoms with Gasteiger partial charge in [-0.15, -0.1) is 0 Å². The van der Waals surface area contributed by atoms with Crippen molar-refractivity contribution < 1.29 is 14.0 Å². The van der Waals surface area contributed by atoms with E-state index in [0.29, 0.717) is 28.8 Å². The fourth-order valence-electron chi connectivity index (χ4n) is 3.97. The normalized spacial score (nSPS) is 11.2. The SMILES string of the molecule is CCN(CC(=O)NCc1ccc(F)cc1)C(=O)c1cc(-c2ccc(C)cc2)nc2c1cnn2C(C)C. The van der Waals surface area contributed by atoms with Gasteiger partial charge in [0, 0.05) is 24.7 Å². The highest BCUT2D eigenvalue weighted by atomic mass is 19.1. The minimum absolute atomic E-state index is 0.0609. The van der Waals surface area contributed by atoms with Crippen molar-refractivity contribution in [1.29, 1.82) is 0 Å². The Morgan fingerprint density at radius 1 is 1.08 bits per heavy atom. The summed E-state index contributed by atoms with van der Waals surface area (Å²) < 4.78 is 14.9. The molecule has 0 atom stereocenters. The number of aryl methyl sites for hydroxylation is 1. The summed E-state index contributed by atoms with van der Waals surface area (Å²) in [6.07, 6.45) is 1.66. The smallest absolute Gasteiger partial charge is 0.255 e. The quantitative estimate of drug-likeness (QED) is 0.383. The van der Waals surface area contributed by atoms with E-state index < -0.39 is 0 Å². The molecule has 0 radical (unpaired) electrons. The number of nitrogens with one attached hydrogen (secondary N) is 1. The number of amides is 2. The third kappa shape index (κ3) is 5.43. The number of rotatable bonds is 8. The van der Waals surface area contributed by atoms with Crippen LogP contribution in [0.4, 0.5) is 4.39 Å². The summed E-state index contributed by atoms with van der Waals surface area (Å²) in [5.41, 5.74) is 4.56. The van der Waals surface area contributed by atoms with Crippen molar-refractivity contribution in [2.45, 2.75) is 40.3 Å². The van der Waals surface area contributed by atoms with Gasteiger partial charge in [0.05, 0.1) is 29.4 Å². The Hall–Kier alpha value is -4.07. The topological polar surface area (TPSA) is 80.1 Å². The third-order valence-corrected chi connectivity index (χ3v) is 6.04. The van der Waals surface area contributed by atoms with E-state index in [0.717, 1.165) is 16.7 Å². The molecule has 2 aromatic heterocycles. The van der Waals surface area contributed by atoms with Crippen molar-refractivity contribution in [2.24, 2.45) is 0 Å². The van der Waals surface area contributed by atoms with Crippen LogP contribution in [0, 0.1) is 12.7 Å². The van der Waals surface area contributed by atoms with Gasteiger partial charge < -0.3 is 10.2 Å². The van der Waals surface area contributed by atoms with Crippen molar-refractivity contribution >= 4 is 22.8 Å². The second kappa shape index (κ2) is 10.7. The molecule has 0 aliphatic carbocycles. The summed E-state index contributed by atoms with van der Waals surface area (Å²) in [5.74, 6) is -0.891. The van der Waals surface area contributed by atoms with Gasteiger partial charge in [0.2, 0.25) is 5.91 Å². The lowest BCUT2D eigenvalue weighted by atomic mass is 10.0. The van der Waals surface area contributed by atoms with Gasteiger partial charge in [0.15, 0.2) is 5.65 Å². The molecule has 36 heavy (non-hydrogen) atoms. The lowest BCUT2D eigenvalue weighted by Crippen LogP contribution is -2.40. The van der Waals surface area contributed by atoms with E-state index >= 15 is 0 Å². The Morgan fingerprint density at radius 3 is 2.42 bits per heavy atom. The summed E-state index contributed by atoms with van der Waals surface area (Å²) in [4.78, 5) is 32.7. The number of carbonyl (C=O) groups excluding carboxylic acids is 2. The van der Waals surface area contributed by atoms with E-state index in [-0.39, 0.29) is 36.8 Å². The van der Waals surface area contributed by atoms with Crippen molar-refractivity contribution in [3.8, 4) is 11.3 Å². The van der Waals surface area contributed by atoms with Crippen LogP contribution >= 0.6 is 0 Å². The lowest BCUT2D eigenvalue weighted by Gasteiger charge is -2.21. The minimum atomic E-state index is -0.331. The highest BCUT2D eigenvalue weighted by molar-refractivity contribution is 6.07. The summed E-state index contributed by atoms with van der Waals surface area (Å²) >= 11 is 0. The van der Waals surface area contributed by atoms with Crippen LogP contribution in [0.3, 0.4) is 0 Å². The van der Waals surface area contributed by atoms with Gasteiger partial charge in [-0.3, -0.25) is 9.59 Å². The zero-order valence-electron chi connectivity index (χ0n) is 21.0. The lowest BCUT2D eigenvalue weighted by molar-refractivity contribution is -0.121. The number of carbonyl (C=O) groups is 2. The number of fused-ring (bicyclic) bond motifs is 1. The molecule has 0 spiro atoms. The van der Waals surface area contributed by atoms with E-state index in [9.17, 15) is 14.0 Å². The van der Waals surface area contributed by atoms with Crippen LogP contribution in [0.15, 0.2) is 60.8 Å².